The fraction of sp³-hybridized carbons (Fsp3) is 0.111. The zero-order valence-electron chi connectivity index (χ0n) is 6.97. The standard InChI is InChI=1S/C9H8ClNOS/c1-12-6-3-2-5-7(13)4-11-9(5)8(6)10/h2-4,11,13H,1H3. The number of aromatic nitrogens is 1. The molecule has 1 N–H and O–H groups in total. The summed E-state index contributed by atoms with van der Waals surface area (Å²) in [5, 5.41) is 1.61. The average Bonchev–Trinajstić information content (AvgIpc) is 2.50. The van der Waals surface area contributed by atoms with Gasteiger partial charge in [-0.25, -0.2) is 0 Å². The monoisotopic (exact) mass is 213 g/mol. The largest absolute Gasteiger partial charge is 0.495 e. The second kappa shape index (κ2) is 3.16. The number of nitrogens with one attached hydrogen (secondary N) is 1. The van der Waals surface area contributed by atoms with E-state index in [1.165, 1.54) is 0 Å². The number of aromatic amines is 1. The van der Waals surface area contributed by atoms with Gasteiger partial charge < -0.3 is 9.72 Å². The van der Waals surface area contributed by atoms with Crippen molar-refractivity contribution >= 4 is 35.1 Å². The van der Waals surface area contributed by atoms with E-state index < -0.39 is 0 Å². The molecule has 0 saturated heterocycles. The first-order chi connectivity index (χ1) is 6.24. The highest BCUT2D eigenvalue weighted by Crippen LogP contribution is 2.34. The van der Waals surface area contributed by atoms with Crippen molar-refractivity contribution in [3.63, 3.8) is 0 Å². The smallest absolute Gasteiger partial charge is 0.139 e. The first kappa shape index (κ1) is 8.78. The lowest BCUT2D eigenvalue weighted by Gasteiger charge is -2.02. The maximum Gasteiger partial charge on any atom is 0.139 e. The Balaban J connectivity index is 2.80. The highest BCUT2D eigenvalue weighted by molar-refractivity contribution is 7.80. The van der Waals surface area contributed by atoms with Gasteiger partial charge in [-0.1, -0.05) is 11.6 Å². The molecule has 1 aromatic heterocycles. The summed E-state index contributed by atoms with van der Waals surface area (Å²) in [6.45, 7) is 0. The van der Waals surface area contributed by atoms with E-state index in [9.17, 15) is 0 Å². The molecule has 0 aliphatic heterocycles. The van der Waals surface area contributed by atoms with Crippen molar-refractivity contribution in [2.45, 2.75) is 4.90 Å². The Hall–Kier alpha value is -0.800. The normalized spacial score (nSPS) is 10.7. The minimum atomic E-state index is 0.598. The van der Waals surface area contributed by atoms with Crippen LogP contribution in [-0.4, -0.2) is 12.1 Å². The Bertz CT molecular complexity index is 452. The van der Waals surface area contributed by atoms with Crippen LogP contribution in [0.1, 0.15) is 0 Å². The molecule has 2 nitrogen and oxygen atoms in total. The zero-order chi connectivity index (χ0) is 9.42. The minimum Gasteiger partial charge on any atom is -0.495 e. The highest BCUT2D eigenvalue weighted by Gasteiger charge is 2.08. The third-order valence-electron chi connectivity index (χ3n) is 1.96. The first-order valence-corrected chi connectivity index (χ1v) is 4.59. The molecule has 1 heterocycles. The maximum atomic E-state index is 6.06. The molecular weight excluding hydrogens is 206 g/mol. The van der Waals surface area contributed by atoms with Gasteiger partial charge in [0.05, 0.1) is 12.6 Å². The summed E-state index contributed by atoms with van der Waals surface area (Å²) in [6, 6.07) is 3.76. The SMILES string of the molecule is COc1ccc2c(S)c[nH]c2c1Cl. The molecule has 4 heteroatoms. The van der Waals surface area contributed by atoms with E-state index >= 15 is 0 Å². The second-order valence-corrected chi connectivity index (χ2v) is 3.54. The van der Waals surface area contributed by atoms with E-state index in [1.807, 2.05) is 12.1 Å². The minimum absolute atomic E-state index is 0.598. The summed E-state index contributed by atoms with van der Waals surface area (Å²) < 4.78 is 5.09. The van der Waals surface area contributed by atoms with Gasteiger partial charge in [-0.05, 0) is 12.1 Å². The van der Waals surface area contributed by atoms with Gasteiger partial charge in [0.15, 0.2) is 0 Å². The van der Waals surface area contributed by atoms with Crippen LogP contribution in [0.4, 0.5) is 0 Å². The van der Waals surface area contributed by atoms with E-state index in [2.05, 4.69) is 17.6 Å². The summed E-state index contributed by atoms with van der Waals surface area (Å²) in [5.74, 6) is 0.671. The van der Waals surface area contributed by atoms with Gasteiger partial charge in [-0.3, -0.25) is 0 Å². The van der Waals surface area contributed by atoms with Gasteiger partial charge in [0, 0.05) is 16.5 Å². The zero-order valence-corrected chi connectivity index (χ0v) is 8.62. The van der Waals surface area contributed by atoms with Crippen LogP contribution in [0.2, 0.25) is 5.02 Å². The number of H-pyrrole nitrogens is 1. The molecule has 0 aliphatic carbocycles. The Morgan fingerprint density at radius 3 is 2.92 bits per heavy atom. The van der Waals surface area contributed by atoms with Crippen LogP contribution in [0, 0.1) is 0 Å². The first-order valence-electron chi connectivity index (χ1n) is 3.76. The molecule has 1 aromatic carbocycles. The molecule has 0 atom stereocenters. The molecule has 0 unspecified atom stereocenters. The number of hydrogen-bond donors (Lipinski definition) is 2. The summed E-state index contributed by atoms with van der Waals surface area (Å²) in [7, 11) is 1.59. The summed E-state index contributed by atoms with van der Waals surface area (Å²) in [4.78, 5) is 3.93. The molecule has 0 spiro atoms. The van der Waals surface area contributed by atoms with Crippen LogP contribution >= 0.6 is 24.2 Å². The Labute approximate surface area is 86.3 Å². The number of halogens is 1. The number of ether oxygens (including phenoxy) is 1. The lowest BCUT2D eigenvalue weighted by atomic mass is 10.2. The molecule has 68 valence electrons. The van der Waals surface area contributed by atoms with Crippen LogP contribution in [-0.2, 0) is 0 Å². The molecule has 0 bridgehead atoms. The van der Waals surface area contributed by atoms with Crippen LogP contribution in [0.25, 0.3) is 10.9 Å². The number of methoxy groups -OCH3 is 1. The van der Waals surface area contributed by atoms with Crippen molar-refractivity contribution < 1.29 is 4.74 Å². The molecule has 0 saturated carbocycles. The Morgan fingerprint density at radius 1 is 1.46 bits per heavy atom. The van der Waals surface area contributed by atoms with Crippen molar-refractivity contribution in [3.05, 3.63) is 23.4 Å². The van der Waals surface area contributed by atoms with Crippen molar-refractivity contribution in [2.24, 2.45) is 0 Å². The maximum absolute atomic E-state index is 6.06. The van der Waals surface area contributed by atoms with E-state index in [0.717, 1.165) is 15.8 Å². The molecule has 0 radical (unpaired) electrons. The lowest BCUT2D eigenvalue weighted by molar-refractivity contribution is 0.415. The van der Waals surface area contributed by atoms with Crippen LogP contribution in [0.15, 0.2) is 23.2 Å². The molecule has 2 rings (SSSR count). The molecule has 0 fully saturated rings. The van der Waals surface area contributed by atoms with Gasteiger partial charge >= 0.3 is 0 Å². The van der Waals surface area contributed by atoms with E-state index in [4.69, 9.17) is 16.3 Å². The summed E-state index contributed by atoms with van der Waals surface area (Å²) >= 11 is 10.3. The van der Waals surface area contributed by atoms with Crippen LogP contribution < -0.4 is 4.74 Å². The second-order valence-electron chi connectivity index (χ2n) is 2.68. The summed E-state index contributed by atoms with van der Waals surface area (Å²) in [6.07, 6.45) is 1.80. The highest BCUT2D eigenvalue weighted by atomic mass is 35.5. The van der Waals surface area contributed by atoms with Crippen molar-refractivity contribution in [1.82, 2.24) is 4.98 Å². The molecule has 0 amide bonds. The van der Waals surface area contributed by atoms with Crippen molar-refractivity contribution in [1.29, 1.82) is 0 Å². The molecule has 13 heavy (non-hydrogen) atoms. The number of fused-ring (bicyclic) bond motifs is 1. The van der Waals surface area contributed by atoms with Gasteiger partial charge in [0.1, 0.15) is 10.8 Å². The number of benzene rings is 1. The van der Waals surface area contributed by atoms with E-state index in [-0.39, 0.29) is 0 Å². The van der Waals surface area contributed by atoms with Crippen molar-refractivity contribution in [3.8, 4) is 5.75 Å². The molecular formula is C9H8ClNOS. The average molecular weight is 214 g/mol. The Kier molecular flexibility index (Phi) is 2.14. The van der Waals surface area contributed by atoms with E-state index in [1.54, 1.807) is 13.3 Å². The van der Waals surface area contributed by atoms with E-state index in [0.29, 0.717) is 10.8 Å². The fourth-order valence-electron chi connectivity index (χ4n) is 1.29. The lowest BCUT2D eigenvalue weighted by Crippen LogP contribution is -1.83. The van der Waals surface area contributed by atoms with Gasteiger partial charge in [-0.2, -0.15) is 0 Å². The Morgan fingerprint density at radius 2 is 2.23 bits per heavy atom. The van der Waals surface area contributed by atoms with Crippen LogP contribution in [0.5, 0.6) is 5.75 Å². The topological polar surface area (TPSA) is 25.0 Å². The van der Waals surface area contributed by atoms with Crippen molar-refractivity contribution in [2.75, 3.05) is 7.11 Å². The number of thiol groups is 1. The third kappa shape index (κ3) is 1.28. The number of rotatable bonds is 1. The predicted molar refractivity (Wildman–Crippen MR) is 57.1 cm³/mol. The predicted octanol–water partition coefficient (Wildman–Crippen LogP) is 3.12. The molecule has 2 aromatic rings. The van der Waals surface area contributed by atoms with Crippen LogP contribution in [0.3, 0.4) is 0 Å². The fourth-order valence-corrected chi connectivity index (χ4v) is 1.83. The molecule has 0 aliphatic rings. The summed E-state index contributed by atoms with van der Waals surface area (Å²) in [5.41, 5.74) is 0.867. The number of hydrogen-bond acceptors (Lipinski definition) is 2. The third-order valence-corrected chi connectivity index (χ3v) is 2.70. The van der Waals surface area contributed by atoms with Gasteiger partial charge in [0.25, 0.3) is 0 Å². The quantitative estimate of drug-likeness (QED) is 0.700. The van der Waals surface area contributed by atoms with Gasteiger partial charge in [0.2, 0.25) is 0 Å². The van der Waals surface area contributed by atoms with Gasteiger partial charge in [-0.15, -0.1) is 12.6 Å².